The third kappa shape index (κ3) is 8.28. The molecule has 62 heavy (non-hydrogen) atoms. The minimum atomic E-state index is -3.81. The van der Waals surface area contributed by atoms with Crippen molar-refractivity contribution in [2.75, 3.05) is 74.9 Å². The summed E-state index contributed by atoms with van der Waals surface area (Å²) in [7, 11) is 5.51. The van der Waals surface area contributed by atoms with Crippen LogP contribution in [0.2, 0.25) is 0 Å². The average Bonchev–Trinajstić information content (AvgIpc) is 3.28. The van der Waals surface area contributed by atoms with Gasteiger partial charge in [-0.1, -0.05) is 24.3 Å². The number of rotatable bonds is 10. The van der Waals surface area contributed by atoms with Crippen LogP contribution in [-0.4, -0.2) is 93.1 Å². The number of nitrogens with zero attached hydrogens (tertiary/aromatic N) is 2. The zero-order valence-corrected chi connectivity index (χ0v) is 36.9. The molecule has 0 unspecified atom stereocenters. The van der Waals surface area contributed by atoms with E-state index in [1.54, 1.807) is 27.4 Å². The van der Waals surface area contributed by atoms with E-state index in [1.165, 1.54) is 16.7 Å². The van der Waals surface area contributed by atoms with Gasteiger partial charge in [0.15, 0.2) is 40.3 Å². The van der Waals surface area contributed by atoms with E-state index < -0.39 is 10.0 Å². The van der Waals surface area contributed by atoms with Crippen LogP contribution >= 0.6 is 0 Å². The van der Waals surface area contributed by atoms with Crippen molar-refractivity contribution in [1.82, 2.24) is 14.5 Å². The van der Waals surface area contributed by atoms with Crippen LogP contribution in [-0.2, 0) is 45.2 Å². The third-order valence-corrected chi connectivity index (χ3v) is 14.1. The van der Waals surface area contributed by atoms with E-state index in [0.29, 0.717) is 96.4 Å². The molecule has 5 heterocycles. The number of nitrogens with one attached hydrogen (secondary N) is 1. The van der Waals surface area contributed by atoms with Crippen LogP contribution in [0.1, 0.15) is 64.7 Å². The summed E-state index contributed by atoms with van der Waals surface area (Å²) in [6, 6.07) is 20.7. The highest BCUT2D eigenvalue weighted by Gasteiger charge is 2.35. The van der Waals surface area contributed by atoms with Crippen molar-refractivity contribution in [2.45, 2.75) is 57.0 Å². The second-order valence-electron chi connectivity index (χ2n) is 16.4. The van der Waals surface area contributed by atoms with Gasteiger partial charge in [0.05, 0.1) is 27.9 Å². The highest BCUT2D eigenvalue weighted by Crippen LogP contribution is 2.52. The van der Waals surface area contributed by atoms with E-state index in [2.05, 4.69) is 65.0 Å². The van der Waals surface area contributed by atoms with Gasteiger partial charge in [0.25, 0.3) is 0 Å². The van der Waals surface area contributed by atoms with Gasteiger partial charge in [-0.3, -0.25) is 9.80 Å². The Morgan fingerprint density at radius 1 is 0.742 bits per heavy atom. The summed E-state index contributed by atoms with van der Waals surface area (Å²) in [6.45, 7) is 2.93. The summed E-state index contributed by atoms with van der Waals surface area (Å²) in [5.74, 6) is 5.77. The lowest BCUT2D eigenvalue weighted by molar-refractivity contribution is 0.0619. The summed E-state index contributed by atoms with van der Waals surface area (Å²) in [5, 5.41) is 0. The molecule has 4 aromatic carbocycles. The van der Waals surface area contributed by atoms with E-state index in [0.717, 1.165) is 49.0 Å². The van der Waals surface area contributed by atoms with Crippen molar-refractivity contribution < 1.29 is 46.3 Å². The Morgan fingerprint density at radius 3 is 2.24 bits per heavy atom. The van der Waals surface area contributed by atoms with Crippen molar-refractivity contribution in [2.24, 2.45) is 0 Å². The Kier molecular flexibility index (Phi) is 12.0. The molecule has 0 aromatic heterocycles. The minimum absolute atomic E-state index is 0.0986. The number of likely N-dealkylation sites (N-methyl/N-ethyl adjacent to an activating group) is 2. The first-order chi connectivity index (χ1) is 30.1. The topological polar surface area (TPSA) is 126 Å². The zero-order chi connectivity index (χ0) is 43.0. The predicted molar refractivity (Wildman–Crippen MR) is 234 cm³/mol. The second-order valence-corrected chi connectivity index (χ2v) is 18.1. The number of ether oxygens (including phenoxy) is 8. The van der Waals surface area contributed by atoms with Crippen molar-refractivity contribution in [3.8, 4) is 46.0 Å². The molecule has 0 saturated heterocycles. The lowest BCUT2D eigenvalue weighted by atomic mass is 9.87. The van der Waals surface area contributed by atoms with Gasteiger partial charge in [0.1, 0.15) is 29.6 Å². The highest BCUT2D eigenvalue weighted by molar-refractivity contribution is 7.93. The maximum atomic E-state index is 13.3. The lowest BCUT2D eigenvalue weighted by Gasteiger charge is -2.37. The molecule has 5 aliphatic heterocycles. The molecule has 6 aliphatic rings. The normalized spacial score (nSPS) is 19.9. The van der Waals surface area contributed by atoms with Gasteiger partial charge in [-0.25, -0.2) is 13.1 Å². The highest BCUT2D eigenvalue weighted by atomic mass is 32.2. The molecule has 4 aromatic rings. The molecule has 0 radical (unpaired) electrons. The number of sulfonamides is 1. The van der Waals surface area contributed by atoms with Crippen LogP contribution in [0.5, 0.6) is 46.0 Å². The number of fused-ring (bicyclic) bond motifs is 2. The second kappa shape index (κ2) is 17.8. The Hall–Kier alpha value is -5.41. The van der Waals surface area contributed by atoms with Gasteiger partial charge < -0.3 is 37.9 Å². The number of benzene rings is 4. The maximum Gasteiger partial charge on any atom is 0.244 e. The molecule has 10 rings (SSSR count). The molecule has 13 nitrogen and oxygen atoms in total. The predicted octanol–water partition coefficient (Wildman–Crippen LogP) is 7.78. The fraction of sp³-hybridized carbons (Fsp3) is 0.417. The molecule has 2 atom stereocenters. The fourth-order valence-corrected chi connectivity index (χ4v) is 10.6. The summed E-state index contributed by atoms with van der Waals surface area (Å²) in [6.07, 6.45) is 6.44. The van der Waals surface area contributed by atoms with Crippen molar-refractivity contribution >= 4 is 10.0 Å². The summed E-state index contributed by atoms with van der Waals surface area (Å²) in [5.41, 5.74) is 6.81. The van der Waals surface area contributed by atoms with Crippen LogP contribution in [0.3, 0.4) is 0 Å². The molecule has 0 amide bonds. The van der Waals surface area contributed by atoms with E-state index in [-0.39, 0.29) is 30.1 Å². The monoisotopic (exact) mass is 865 g/mol. The zero-order valence-electron chi connectivity index (χ0n) is 36.1. The molecule has 0 spiro atoms. The number of hydrogen-bond acceptors (Lipinski definition) is 12. The summed E-state index contributed by atoms with van der Waals surface area (Å²) < 4.78 is 78.9. The molecular formula is C48H55N3O10S. The van der Waals surface area contributed by atoms with E-state index in [4.69, 9.17) is 37.9 Å². The van der Waals surface area contributed by atoms with Gasteiger partial charge in [-0.15, -0.1) is 0 Å². The largest absolute Gasteiger partial charge is 0.493 e. The smallest absolute Gasteiger partial charge is 0.244 e. The Bertz CT molecular complexity index is 2500. The number of hydrogen-bond donors (Lipinski definition) is 1. The SMILES string of the molecule is COc1cc2c3cc1Oc1c(OC)c(OC)cc4c1[C@H](Cc1ccc(OCCCNS(=O)(=O)C5=CCCC6=C5OCCO6)c(c1)Oc1ccc(cc1)C[C@H]3N(C)CC2)N(C)CC4. The summed E-state index contributed by atoms with van der Waals surface area (Å²) >= 11 is 0. The molecule has 328 valence electrons. The van der Waals surface area contributed by atoms with Crippen LogP contribution in [0.15, 0.2) is 83.2 Å². The average molecular weight is 866 g/mol. The number of methoxy groups -OCH3 is 3. The third-order valence-electron chi connectivity index (χ3n) is 12.6. The van der Waals surface area contributed by atoms with Crippen molar-refractivity contribution in [3.63, 3.8) is 0 Å². The first-order valence-corrected chi connectivity index (χ1v) is 22.9. The van der Waals surface area contributed by atoms with Gasteiger partial charge in [0, 0.05) is 43.7 Å². The molecule has 6 bridgehead atoms. The maximum absolute atomic E-state index is 13.3. The van der Waals surface area contributed by atoms with Crippen molar-refractivity contribution in [1.29, 1.82) is 0 Å². The summed E-state index contributed by atoms with van der Waals surface area (Å²) in [4.78, 5) is 4.90. The van der Waals surface area contributed by atoms with Crippen molar-refractivity contribution in [3.05, 3.63) is 117 Å². The molecule has 0 saturated carbocycles. The van der Waals surface area contributed by atoms with Crippen LogP contribution < -0.4 is 33.1 Å². The van der Waals surface area contributed by atoms with Gasteiger partial charge in [0.2, 0.25) is 15.8 Å². The van der Waals surface area contributed by atoms with Crippen LogP contribution in [0.4, 0.5) is 0 Å². The minimum Gasteiger partial charge on any atom is -0.493 e. The van der Waals surface area contributed by atoms with Gasteiger partial charge in [-0.05, 0) is 123 Å². The van der Waals surface area contributed by atoms with E-state index in [1.807, 2.05) is 24.3 Å². The standard InChI is InChI=1S/C48H55N3O10S/c1-50-19-16-32-27-40(54-3)42-29-35(32)36(50)24-30-10-13-34(14-11-30)60-41-26-31(25-37-45-33(17-20-51(37)2)28-43(55-4)47(56-5)48(45)61-42)12-15-38(41)57-21-7-18-49-62(52,53)44-9-6-8-39-46(44)59-23-22-58-39/h9-15,26-29,36-37,49H,6-8,16-25H2,1-5H3/t36-,37+/m1/s1. The first-order valence-electron chi connectivity index (χ1n) is 21.4. The Labute approximate surface area is 364 Å². The van der Waals surface area contributed by atoms with Gasteiger partial charge in [-0.2, -0.15) is 0 Å². The molecule has 1 N–H and O–H groups in total. The molecular weight excluding hydrogens is 811 g/mol. The molecule has 1 aliphatic carbocycles. The van der Waals surface area contributed by atoms with E-state index in [9.17, 15) is 8.42 Å². The molecule has 14 heteroatoms. The fourth-order valence-electron chi connectivity index (χ4n) is 9.27. The Morgan fingerprint density at radius 2 is 1.45 bits per heavy atom. The quantitative estimate of drug-likeness (QED) is 0.157. The first kappa shape index (κ1) is 41.9. The van der Waals surface area contributed by atoms with Gasteiger partial charge >= 0.3 is 0 Å². The van der Waals surface area contributed by atoms with E-state index >= 15 is 0 Å². The lowest BCUT2D eigenvalue weighted by Crippen LogP contribution is -2.34. The molecule has 0 fully saturated rings. The Balaban J connectivity index is 1.05. The number of allylic oxidation sites excluding steroid dienone is 2. The van der Waals surface area contributed by atoms with Crippen LogP contribution in [0, 0.1) is 0 Å². The van der Waals surface area contributed by atoms with Crippen LogP contribution in [0.25, 0.3) is 0 Å².